The fraction of sp³-hybridized carbons (Fsp3) is 0.538. The lowest BCUT2D eigenvalue weighted by Crippen LogP contribution is -2.72. The number of carbonyl (C=O) groups is 3. The Bertz CT molecular complexity index is 1160. The van der Waals surface area contributed by atoms with Crippen LogP contribution in [-0.2, 0) is 11.3 Å². The molecule has 2 heterocycles. The Balaban J connectivity index is 2.39. The molecule has 0 spiro atoms. The molecule has 3 rings (SSSR count). The zero-order valence-electron chi connectivity index (χ0n) is 21.8. The van der Waals surface area contributed by atoms with Crippen molar-refractivity contribution in [3.63, 3.8) is 0 Å². The monoisotopic (exact) mass is 537 g/mol. The van der Waals surface area contributed by atoms with Gasteiger partial charge < -0.3 is 15.1 Å². The molecular weight excluding hydrogens is 504 g/mol. The van der Waals surface area contributed by atoms with Crippen LogP contribution in [-0.4, -0.2) is 55.2 Å². The van der Waals surface area contributed by atoms with E-state index in [-0.39, 0.29) is 30.0 Å². The predicted molar refractivity (Wildman–Crippen MR) is 134 cm³/mol. The van der Waals surface area contributed by atoms with Gasteiger partial charge in [0.05, 0.1) is 6.54 Å². The lowest BCUT2D eigenvalue weighted by atomic mass is 9.56. The second kappa shape index (κ2) is 10.00. The first-order valence-corrected chi connectivity index (χ1v) is 12.8. The van der Waals surface area contributed by atoms with Gasteiger partial charge in [-0.05, 0) is 34.8 Å². The number of thiazole rings is 1. The van der Waals surface area contributed by atoms with Crippen LogP contribution in [0.3, 0.4) is 0 Å². The van der Waals surface area contributed by atoms with Crippen LogP contribution < -0.4 is 0 Å². The van der Waals surface area contributed by atoms with E-state index in [2.05, 4.69) is 4.98 Å². The molecule has 1 fully saturated rings. The third kappa shape index (κ3) is 5.05. The fourth-order valence-corrected chi connectivity index (χ4v) is 6.39. The van der Waals surface area contributed by atoms with Gasteiger partial charge in [-0.1, -0.05) is 53.7 Å². The highest BCUT2D eigenvalue weighted by molar-refractivity contribution is 7.09. The molecule has 3 amide bonds. The smallest absolute Gasteiger partial charge is 0.417 e. The minimum atomic E-state index is -2.08. The summed E-state index contributed by atoms with van der Waals surface area (Å²) in [5.74, 6) is -4.42. The van der Waals surface area contributed by atoms with Gasteiger partial charge >= 0.3 is 12.2 Å². The van der Waals surface area contributed by atoms with Crippen molar-refractivity contribution in [2.24, 2.45) is 16.7 Å². The average Bonchev–Trinajstić information content (AvgIpc) is 3.22. The van der Waals surface area contributed by atoms with Gasteiger partial charge in [0, 0.05) is 24.0 Å². The van der Waals surface area contributed by atoms with E-state index < -0.39 is 57.9 Å². The third-order valence-corrected chi connectivity index (χ3v) is 8.00. The van der Waals surface area contributed by atoms with Crippen molar-refractivity contribution in [1.29, 1.82) is 0 Å². The highest BCUT2D eigenvalue weighted by atomic mass is 32.1. The summed E-state index contributed by atoms with van der Waals surface area (Å²) in [6.07, 6.45) is -1.97. The zero-order valence-corrected chi connectivity index (χ0v) is 22.6. The molecule has 1 aromatic carbocycles. The number of likely N-dealkylation sites (tertiary alicyclic amines) is 1. The summed E-state index contributed by atoms with van der Waals surface area (Å²) in [6, 6.07) is 3.84. The molecule has 1 unspecified atom stereocenters. The lowest BCUT2D eigenvalue weighted by molar-refractivity contribution is -0.159. The summed E-state index contributed by atoms with van der Waals surface area (Å²) in [4.78, 5) is 45.6. The van der Waals surface area contributed by atoms with Crippen LogP contribution in [0.4, 0.5) is 18.4 Å². The lowest BCUT2D eigenvalue weighted by Gasteiger charge is -2.55. The molecule has 0 aliphatic carbocycles. The van der Waals surface area contributed by atoms with Crippen molar-refractivity contribution < 1.29 is 33.4 Å². The molecule has 0 radical (unpaired) electrons. The van der Waals surface area contributed by atoms with Gasteiger partial charge in [0.25, 0.3) is 5.91 Å². The number of nitrogens with zero attached hydrogens (tertiary/aromatic N) is 3. The molecule has 2 N–H and O–H groups in total. The first kappa shape index (κ1) is 28.5. The highest BCUT2D eigenvalue weighted by Gasteiger charge is 2.66. The number of amides is 3. The maximum atomic E-state index is 15.1. The summed E-state index contributed by atoms with van der Waals surface area (Å²) < 4.78 is 29.4. The Morgan fingerprint density at radius 2 is 1.78 bits per heavy atom. The molecule has 3 atom stereocenters. The van der Waals surface area contributed by atoms with Crippen molar-refractivity contribution >= 4 is 29.4 Å². The van der Waals surface area contributed by atoms with Gasteiger partial charge in [-0.3, -0.25) is 4.79 Å². The third-order valence-electron chi connectivity index (χ3n) is 7.23. The number of benzene rings is 1. The molecule has 2 aromatic rings. The molecule has 0 saturated carbocycles. The zero-order chi connectivity index (χ0) is 27.9. The number of carbonyl (C=O) groups excluding carboxylic acids is 1. The van der Waals surface area contributed by atoms with Crippen LogP contribution in [0, 0.1) is 28.4 Å². The Hall–Kier alpha value is -3.08. The molecule has 1 aliphatic heterocycles. The van der Waals surface area contributed by atoms with E-state index in [0.717, 1.165) is 6.07 Å². The van der Waals surface area contributed by atoms with Crippen LogP contribution in [0.2, 0.25) is 0 Å². The SMILES string of the molecule is CC(C)(C)C1C[C@@H](c2cccc(F)c2F)CN(Cc2nccs2)C(=O)[C@]1(N(C(=O)O)C(=O)O)C(C)(C)C. The molecule has 11 heteroatoms. The van der Waals surface area contributed by atoms with E-state index in [4.69, 9.17) is 0 Å². The van der Waals surface area contributed by atoms with E-state index in [1.165, 1.54) is 28.4 Å². The van der Waals surface area contributed by atoms with Crippen LogP contribution in [0.5, 0.6) is 0 Å². The van der Waals surface area contributed by atoms with Gasteiger partial charge in [0.2, 0.25) is 0 Å². The van der Waals surface area contributed by atoms with Crippen molar-refractivity contribution in [2.75, 3.05) is 6.54 Å². The number of rotatable bonds is 4. The fourth-order valence-electron chi connectivity index (χ4n) is 5.75. The summed E-state index contributed by atoms with van der Waals surface area (Å²) in [6.45, 7) is 10.2. The van der Waals surface area contributed by atoms with E-state index in [1.54, 1.807) is 53.1 Å². The van der Waals surface area contributed by atoms with Crippen molar-refractivity contribution in [3.05, 3.63) is 52.0 Å². The van der Waals surface area contributed by atoms with Crippen molar-refractivity contribution in [1.82, 2.24) is 14.8 Å². The Labute approximate surface area is 218 Å². The highest BCUT2D eigenvalue weighted by Crippen LogP contribution is 2.55. The minimum absolute atomic E-state index is 0.0360. The van der Waals surface area contributed by atoms with Crippen molar-refractivity contribution in [3.8, 4) is 0 Å². The maximum Gasteiger partial charge on any atom is 0.417 e. The molecule has 1 aromatic heterocycles. The molecule has 1 aliphatic rings. The number of hydrogen-bond donors (Lipinski definition) is 2. The van der Waals surface area contributed by atoms with Crippen molar-refractivity contribution in [2.45, 2.75) is 66.0 Å². The number of carboxylic acid groups (broad SMARTS) is 2. The summed E-state index contributed by atoms with van der Waals surface area (Å²) in [5.41, 5.74) is -4.06. The van der Waals surface area contributed by atoms with Crippen LogP contribution in [0.25, 0.3) is 0 Å². The average molecular weight is 538 g/mol. The second-order valence-electron chi connectivity index (χ2n) is 11.5. The predicted octanol–water partition coefficient (Wildman–Crippen LogP) is 6.04. The molecule has 8 nitrogen and oxygen atoms in total. The van der Waals surface area contributed by atoms with Crippen LogP contribution in [0.15, 0.2) is 29.8 Å². The Morgan fingerprint density at radius 3 is 2.27 bits per heavy atom. The van der Waals surface area contributed by atoms with E-state index in [1.807, 2.05) is 0 Å². The summed E-state index contributed by atoms with van der Waals surface area (Å²) >= 11 is 1.28. The summed E-state index contributed by atoms with van der Waals surface area (Å²) in [7, 11) is 0. The number of aromatic nitrogens is 1. The molecule has 1 saturated heterocycles. The van der Waals surface area contributed by atoms with Gasteiger partial charge in [0.15, 0.2) is 11.6 Å². The quantitative estimate of drug-likeness (QED) is 0.492. The normalized spacial score (nSPS) is 23.0. The molecular formula is C26H33F2N3O5S. The second-order valence-corrected chi connectivity index (χ2v) is 12.5. The van der Waals surface area contributed by atoms with Crippen LogP contribution in [0.1, 0.15) is 64.5 Å². The maximum absolute atomic E-state index is 15.1. The first-order chi connectivity index (χ1) is 17.0. The van der Waals surface area contributed by atoms with Crippen LogP contribution >= 0.6 is 11.3 Å². The summed E-state index contributed by atoms with van der Waals surface area (Å²) in [5, 5.41) is 22.6. The molecule has 202 valence electrons. The van der Waals surface area contributed by atoms with Gasteiger partial charge in [-0.2, -0.15) is 4.90 Å². The largest absolute Gasteiger partial charge is 0.464 e. The Kier molecular flexibility index (Phi) is 7.70. The topological polar surface area (TPSA) is 111 Å². The number of hydrogen-bond acceptors (Lipinski definition) is 5. The first-order valence-electron chi connectivity index (χ1n) is 11.9. The number of imide groups is 1. The standard InChI is InChI=1S/C26H33F2N3O5S/c1-24(2,3)18-12-15(16-8-7-9-17(27)20(16)28)13-30(14-19-29-10-11-37-19)21(32)26(18,25(4,5)6)31(22(33)34)23(35)36/h7-11,15,18H,12-14H2,1-6H3,(H,33,34)(H,35,36)/t15-,18?,26+/m1/s1. The van der Waals surface area contributed by atoms with E-state index in [9.17, 15) is 29.0 Å². The molecule has 0 bridgehead atoms. The van der Waals surface area contributed by atoms with E-state index >= 15 is 4.39 Å². The van der Waals surface area contributed by atoms with Gasteiger partial charge in [-0.15, -0.1) is 11.3 Å². The Morgan fingerprint density at radius 1 is 1.16 bits per heavy atom. The molecule has 37 heavy (non-hydrogen) atoms. The van der Waals surface area contributed by atoms with Gasteiger partial charge in [-0.25, -0.2) is 23.4 Å². The van der Waals surface area contributed by atoms with Gasteiger partial charge in [0.1, 0.15) is 10.5 Å². The minimum Gasteiger partial charge on any atom is -0.464 e. The number of halogens is 2. The van der Waals surface area contributed by atoms with E-state index in [0.29, 0.717) is 5.01 Å².